The summed E-state index contributed by atoms with van der Waals surface area (Å²) < 4.78 is 7.00. The summed E-state index contributed by atoms with van der Waals surface area (Å²) in [6.07, 6.45) is 5.51. The fourth-order valence-corrected chi connectivity index (χ4v) is 3.50. The fourth-order valence-electron chi connectivity index (χ4n) is 2.34. The molecular weight excluding hydrogens is 246 g/mol. The lowest BCUT2D eigenvalue weighted by Crippen LogP contribution is -2.13. The molecule has 5 heteroatoms. The predicted octanol–water partition coefficient (Wildman–Crippen LogP) is 2.42. The van der Waals surface area contributed by atoms with E-state index in [2.05, 4.69) is 21.8 Å². The monoisotopic (exact) mass is 263 g/mol. The van der Waals surface area contributed by atoms with Crippen LogP contribution < -0.4 is 4.74 Å². The maximum Gasteiger partial charge on any atom is 0.155 e. The number of aromatic nitrogens is 3. The fraction of sp³-hybridized carbons (Fsp3) is 0.538. The molecular formula is C13H17N3OS. The normalized spacial score (nSPS) is 20.2. The van der Waals surface area contributed by atoms with Gasteiger partial charge in [0, 0.05) is 6.42 Å². The van der Waals surface area contributed by atoms with Crippen molar-refractivity contribution < 1.29 is 4.74 Å². The lowest BCUT2D eigenvalue weighted by Gasteiger charge is -2.19. The molecule has 0 radical (unpaired) electrons. The third kappa shape index (κ3) is 2.46. The van der Waals surface area contributed by atoms with E-state index in [4.69, 9.17) is 4.74 Å². The number of hydrogen-bond acceptors (Lipinski definition) is 4. The Labute approximate surface area is 111 Å². The van der Waals surface area contributed by atoms with E-state index in [1.54, 1.807) is 7.11 Å². The highest BCUT2D eigenvalue weighted by Crippen LogP contribution is 2.25. The first-order chi connectivity index (χ1) is 8.85. The molecule has 1 saturated heterocycles. The number of hydrogen-bond donors (Lipinski definition) is 0. The van der Waals surface area contributed by atoms with Crippen LogP contribution in [-0.2, 0) is 6.42 Å². The molecule has 1 aliphatic heterocycles. The predicted molar refractivity (Wildman–Crippen MR) is 73.3 cm³/mol. The first kappa shape index (κ1) is 11.8. The van der Waals surface area contributed by atoms with Crippen LogP contribution in [0.3, 0.4) is 0 Å². The average Bonchev–Trinajstić information content (AvgIpc) is 2.80. The smallest absolute Gasteiger partial charge is 0.155 e. The van der Waals surface area contributed by atoms with Gasteiger partial charge in [-0.05, 0) is 42.4 Å². The molecule has 1 atom stereocenters. The molecule has 1 fully saturated rings. The largest absolute Gasteiger partial charge is 0.495 e. The van der Waals surface area contributed by atoms with Crippen molar-refractivity contribution in [3.63, 3.8) is 0 Å². The summed E-state index contributed by atoms with van der Waals surface area (Å²) >= 11 is 2.05. The first-order valence-corrected chi connectivity index (χ1v) is 7.47. The van der Waals surface area contributed by atoms with Crippen LogP contribution in [0.2, 0.25) is 0 Å². The molecule has 2 aromatic rings. The topological polar surface area (TPSA) is 39.4 Å². The van der Waals surface area contributed by atoms with E-state index >= 15 is 0 Å². The lowest BCUT2D eigenvalue weighted by atomic mass is 10.0. The van der Waals surface area contributed by atoms with Gasteiger partial charge in [0.05, 0.1) is 13.3 Å². The van der Waals surface area contributed by atoms with Gasteiger partial charge in [0.15, 0.2) is 11.5 Å². The number of thioether (sulfide) groups is 1. The van der Waals surface area contributed by atoms with Gasteiger partial charge < -0.3 is 4.74 Å². The molecule has 0 aromatic carbocycles. The third-order valence-electron chi connectivity index (χ3n) is 3.31. The maximum absolute atomic E-state index is 5.19. The van der Waals surface area contributed by atoms with Gasteiger partial charge in [0.2, 0.25) is 0 Å². The molecule has 96 valence electrons. The summed E-state index contributed by atoms with van der Waals surface area (Å²) in [5.41, 5.74) is 0.897. The second kappa shape index (κ2) is 5.18. The van der Waals surface area contributed by atoms with E-state index in [0.29, 0.717) is 0 Å². The first-order valence-electron chi connectivity index (χ1n) is 6.32. The summed E-state index contributed by atoms with van der Waals surface area (Å²) in [5.74, 6) is 5.07. The third-order valence-corrected chi connectivity index (χ3v) is 4.59. The minimum absolute atomic E-state index is 0.739. The highest BCUT2D eigenvalue weighted by Gasteiger charge is 2.16. The van der Waals surface area contributed by atoms with Crippen LogP contribution in [0, 0.1) is 5.92 Å². The van der Waals surface area contributed by atoms with Gasteiger partial charge in [-0.1, -0.05) is 0 Å². The lowest BCUT2D eigenvalue weighted by molar-refractivity contribution is 0.411. The van der Waals surface area contributed by atoms with Gasteiger partial charge in [-0.2, -0.15) is 16.9 Å². The highest BCUT2D eigenvalue weighted by molar-refractivity contribution is 7.99. The van der Waals surface area contributed by atoms with Crippen LogP contribution in [-0.4, -0.2) is 33.2 Å². The second-order valence-corrected chi connectivity index (χ2v) is 5.84. The Bertz CT molecular complexity index is 534. The molecule has 0 N–H and O–H groups in total. The molecule has 0 amide bonds. The molecule has 0 bridgehead atoms. The van der Waals surface area contributed by atoms with Crippen molar-refractivity contribution in [2.45, 2.75) is 19.3 Å². The van der Waals surface area contributed by atoms with E-state index in [0.717, 1.165) is 29.6 Å². The van der Waals surface area contributed by atoms with Gasteiger partial charge in [0.1, 0.15) is 5.75 Å². The van der Waals surface area contributed by atoms with Crippen LogP contribution in [0.25, 0.3) is 5.65 Å². The van der Waals surface area contributed by atoms with Crippen molar-refractivity contribution >= 4 is 17.4 Å². The number of rotatable bonds is 3. The van der Waals surface area contributed by atoms with Crippen molar-refractivity contribution in [2.75, 3.05) is 18.6 Å². The Balaban J connectivity index is 1.79. The molecule has 0 aliphatic carbocycles. The highest BCUT2D eigenvalue weighted by atomic mass is 32.2. The minimum Gasteiger partial charge on any atom is -0.495 e. The summed E-state index contributed by atoms with van der Waals surface area (Å²) in [5, 5.41) is 4.53. The van der Waals surface area contributed by atoms with Crippen LogP contribution in [0.5, 0.6) is 5.75 Å². The van der Waals surface area contributed by atoms with E-state index in [1.807, 2.05) is 22.8 Å². The van der Waals surface area contributed by atoms with E-state index in [1.165, 1.54) is 24.3 Å². The van der Waals surface area contributed by atoms with Crippen LogP contribution in [0.1, 0.15) is 18.7 Å². The zero-order valence-corrected chi connectivity index (χ0v) is 11.3. The molecule has 2 aromatic heterocycles. The SMILES string of the molecule is COc1ccc2nc(CC3CCCSC3)nn2c1. The van der Waals surface area contributed by atoms with Gasteiger partial charge in [0.25, 0.3) is 0 Å². The van der Waals surface area contributed by atoms with Crippen molar-refractivity contribution in [3.05, 3.63) is 24.2 Å². The minimum atomic E-state index is 0.739. The van der Waals surface area contributed by atoms with E-state index < -0.39 is 0 Å². The average molecular weight is 263 g/mol. The number of methoxy groups -OCH3 is 1. The standard InChI is InChI=1S/C13H17N3OS/c1-17-11-4-5-13-14-12(15-16(13)8-11)7-10-3-2-6-18-9-10/h4-5,8,10H,2-3,6-7,9H2,1H3. The molecule has 3 heterocycles. The Morgan fingerprint density at radius 3 is 3.22 bits per heavy atom. The van der Waals surface area contributed by atoms with Crippen LogP contribution in [0.4, 0.5) is 0 Å². The zero-order valence-electron chi connectivity index (χ0n) is 10.5. The van der Waals surface area contributed by atoms with Crippen LogP contribution in [0.15, 0.2) is 18.3 Å². The Morgan fingerprint density at radius 2 is 2.44 bits per heavy atom. The molecule has 0 spiro atoms. The quantitative estimate of drug-likeness (QED) is 0.852. The molecule has 18 heavy (non-hydrogen) atoms. The Hall–Kier alpha value is -1.23. The maximum atomic E-state index is 5.19. The molecule has 1 aliphatic rings. The van der Waals surface area contributed by atoms with Gasteiger partial charge in [-0.3, -0.25) is 0 Å². The van der Waals surface area contributed by atoms with Gasteiger partial charge in [-0.15, -0.1) is 0 Å². The molecule has 1 unspecified atom stereocenters. The van der Waals surface area contributed by atoms with Crippen molar-refractivity contribution in [1.82, 2.24) is 14.6 Å². The molecule has 3 rings (SSSR count). The van der Waals surface area contributed by atoms with E-state index in [9.17, 15) is 0 Å². The molecule has 4 nitrogen and oxygen atoms in total. The second-order valence-electron chi connectivity index (χ2n) is 4.69. The summed E-state index contributed by atoms with van der Waals surface area (Å²) in [6.45, 7) is 0. The van der Waals surface area contributed by atoms with Gasteiger partial charge >= 0.3 is 0 Å². The molecule has 0 saturated carbocycles. The van der Waals surface area contributed by atoms with Gasteiger partial charge in [-0.25, -0.2) is 9.50 Å². The van der Waals surface area contributed by atoms with Crippen molar-refractivity contribution in [2.24, 2.45) is 5.92 Å². The summed E-state index contributed by atoms with van der Waals surface area (Å²) in [6, 6.07) is 3.87. The summed E-state index contributed by atoms with van der Waals surface area (Å²) in [7, 11) is 1.66. The summed E-state index contributed by atoms with van der Waals surface area (Å²) in [4.78, 5) is 4.57. The van der Waals surface area contributed by atoms with Crippen molar-refractivity contribution in [3.8, 4) is 5.75 Å². The number of pyridine rings is 1. The zero-order chi connectivity index (χ0) is 12.4. The van der Waals surface area contributed by atoms with E-state index in [-0.39, 0.29) is 0 Å². The van der Waals surface area contributed by atoms with Crippen molar-refractivity contribution in [1.29, 1.82) is 0 Å². The number of nitrogens with zero attached hydrogens (tertiary/aromatic N) is 3. The van der Waals surface area contributed by atoms with Crippen LogP contribution >= 0.6 is 11.8 Å². The number of ether oxygens (including phenoxy) is 1. The number of fused-ring (bicyclic) bond motifs is 1. The Kier molecular flexibility index (Phi) is 3.41. The Morgan fingerprint density at radius 1 is 1.50 bits per heavy atom.